The summed E-state index contributed by atoms with van der Waals surface area (Å²) in [6.45, 7) is 0. The van der Waals surface area contributed by atoms with Crippen LogP contribution < -0.4 is 9.64 Å². The van der Waals surface area contributed by atoms with Gasteiger partial charge in [-0.3, -0.25) is 4.79 Å². The van der Waals surface area contributed by atoms with Crippen LogP contribution in [0.3, 0.4) is 0 Å². The molecule has 0 aliphatic rings. The summed E-state index contributed by atoms with van der Waals surface area (Å²) in [6.07, 6.45) is 1.40. The first-order valence-electron chi connectivity index (χ1n) is 7.06. The monoisotopic (exact) mass is 327 g/mol. The van der Waals surface area contributed by atoms with Gasteiger partial charge in [0.2, 0.25) is 0 Å². The van der Waals surface area contributed by atoms with Crippen LogP contribution in [0.2, 0.25) is 0 Å². The van der Waals surface area contributed by atoms with Crippen molar-refractivity contribution < 1.29 is 13.9 Å². The van der Waals surface area contributed by atoms with Gasteiger partial charge in [-0.05, 0) is 40.8 Å². The Hall–Kier alpha value is -3.29. The lowest BCUT2D eigenvalue weighted by Gasteiger charge is -2.19. The molecule has 7 nitrogen and oxygen atoms in total. The quantitative estimate of drug-likeness (QED) is 0.733. The fraction of sp³-hybridized carbons (Fsp3) is 0.125. The molecule has 0 radical (unpaired) electrons. The number of rotatable bonds is 4. The third kappa shape index (κ3) is 2.81. The van der Waals surface area contributed by atoms with Gasteiger partial charge in [0.1, 0.15) is 23.6 Å². The molecular formula is C16H14FN5O2. The number of ether oxygens (including phenoxy) is 1. The summed E-state index contributed by atoms with van der Waals surface area (Å²) < 4.78 is 20.5. The third-order valence-electron chi connectivity index (χ3n) is 3.54. The van der Waals surface area contributed by atoms with Crippen molar-refractivity contribution in [1.82, 2.24) is 20.2 Å². The van der Waals surface area contributed by atoms with Crippen LogP contribution in [-0.4, -0.2) is 40.3 Å². The van der Waals surface area contributed by atoms with E-state index in [2.05, 4.69) is 15.5 Å². The first kappa shape index (κ1) is 15.6. The normalized spacial score (nSPS) is 10.5. The van der Waals surface area contributed by atoms with Crippen molar-refractivity contribution in [2.45, 2.75) is 0 Å². The molecule has 0 saturated heterocycles. The van der Waals surface area contributed by atoms with Crippen molar-refractivity contribution in [3.63, 3.8) is 0 Å². The van der Waals surface area contributed by atoms with Crippen LogP contribution in [0.15, 0.2) is 48.8 Å². The van der Waals surface area contributed by atoms with E-state index in [1.165, 1.54) is 36.1 Å². The zero-order valence-corrected chi connectivity index (χ0v) is 13.0. The highest BCUT2D eigenvalue weighted by molar-refractivity contribution is 6.06. The highest BCUT2D eigenvalue weighted by Crippen LogP contribution is 2.25. The lowest BCUT2D eigenvalue weighted by atomic mass is 10.1. The predicted octanol–water partition coefficient (Wildman–Crippen LogP) is 2.09. The molecule has 1 heterocycles. The lowest BCUT2D eigenvalue weighted by Crippen LogP contribution is -2.27. The Morgan fingerprint density at radius 3 is 2.71 bits per heavy atom. The number of halogens is 1. The molecule has 0 bridgehead atoms. The van der Waals surface area contributed by atoms with E-state index in [4.69, 9.17) is 4.74 Å². The standard InChI is InChI=1S/C16H14FN5O2/c1-21(13-6-4-3-5-12(13)17)16(23)11-7-8-15(24-2)14(9-11)22-10-18-19-20-22/h3-10H,1-2H3. The lowest BCUT2D eigenvalue weighted by molar-refractivity contribution is 0.0992. The van der Waals surface area contributed by atoms with Crippen molar-refractivity contribution in [2.75, 3.05) is 19.1 Å². The van der Waals surface area contributed by atoms with Gasteiger partial charge in [-0.25, -0.2) is 4.39 Å². The minimum absolute atomic E-state index is 0.197. The van der Waals surface area contributed by atoms with Crippen LogP contribution in [-0.2, 0) is 0 Å². The Kier molecular flexibility index (Phi) is 4.19. The number of anilines is 1. The number of carbonyl (C=O) groups excluding carboxylic acids is 1. The van der Waals surface area contributed by atoms with E-state index in [-0.39, 0.29) is 11.6 Å². The molecule has 0 unspecified atom stereocenters. The largest absolute Gasteiger partial charge is 0.494 e. The van der Waals surface area contributed by atoms with Crippen molar-refractivity contribution >= 4 is 11.6 Å². The molecule has 0 N–H and O–H groups in total. The number of aromatic nitrogens is 4. The molecule has 1 aromatic heterocycles. The Morgan fingerprint density at radius 1 is 1.25 bits per heavy atom. The van der Waals surface area contributed by atoms with Crippen LogP contribution in [0.1, 0.15) is 10.4 Å². The van der Waals surface area contributed by atoms with Gasteiger partial charge >= 0.3 is 0 Å². The Bertz CT molecular complexity index is 867. The summed E-state index contributed by atoms with van der Waals surface area (Å²) in [7, 11) is 3.03. The SMILES string of the molecule is COc1ccc(C(=O)N(C)c2ccccc2F)cc1-n1cnnn1. The second-order valence-corrected chi connectivity index (χ2v) is 4.96. The topological polar surface area (TPSA) is 73.1 Å². The van der Waals surface area contributed by atoms with Gasteiger partial charge < -0.3 is 9.64 Å². The zero-order chi connectivity index (χ0) is 17.1. The fourth-order valence-electron chi connectivity index (χ4n) is 2.30. The molecule has 1 amide bonds. The van der Waals surface area contributed by atoms with Gasteiger partial charge in [0, 0.05) is 12.6 Å². The number of benzene rings is 2. The summed E-state index contributed by atoms with van der Waals surface area (Å²) >= 11 is 0. The smallest absolute Gasteiger partial charge is 0.258 e. The van der Waals surface area contributed by atoms with Crippen molar-refractivity contribution in [1.29, 1.82) is 0 Å². The summed E-state index contributed by atoms with van der Waals surface area (Å²) in [5.74, 6) is -0.327. The first-order chi connectivity index (χ1) is 11.6. The highest BCUT2D eigenvalue weighted by atomic mass is 19.1. The van der Waals surface area contributed by atoms with Gasteiger partial charge in [-0.2, -0.15) is 4.68 Å². The molecule has 24 heavy (non-hydrogen) atoms. The van der Waals surface area contributed by atoms with Gasteiger partial charge in [-0.15, -0.1) is 5.10 Å². The Balaban J connectivity index is 1.99. The Morgan fingerprint density at radius 2 is 2.04 bits per heavy atom. The van der Waals surface area contributed by atoms with Crippen LogP contribution in [0.4, 0.5) is 10.1 Å². The minimum Gasteiger partial charge on any atom is -0.494 e. The van der Waals surface area contributed by atoms with Gasteiger partial charge in [0.05, 0.1) is 12.8 Å². The van der Waals surface area contributed by atoms with Crippen LogP contribution in [0.25, 0.3) is 5.69 Å². The number of para-hydroxylation sites is 1. The van der Waals surface area contributed by atoms with Gasteiger partial charge in [0.15, 0.2) is 0 Å². The maximum atomic E-state index is 13.9. The van der Waals surface area contributed by atoms with Crippen LogP contribution in [0.5, 0.6) is 5.75 Å². The molecular weight excluding hydrogens is 313 g/mol. The number of methoxy groups -OCH3 is 1. The van der Waals surface area contributed by atoms with Gasteiger partial charge in [-0.1, -0.05) is 12.1 Å². The average Bonchev–Trinajstić information content (AvgIpc) is 3.15. The zero-order valence-electron chi connectivity index (χ0n) is 13.0. The summed E-state index contributed by atoms with van der Waals surface area (Å²) in [5.41, 5.74) is 1.06. The number of carbonyl (C=O) groups is 1. The number of hydrogen-bond acceptors (Lipinski definition) is 5. The minimum atomic E-state index is -0.470. The summed E-state index contributed by atoms with van der Waals surface area (Å²) in [6, 6.07) is 10.9. The molecule has 8 heteroatoms. The van der Waals surface area contributed by atoms with E-state index < -0.39 is 5.82 Å². The van der Waals surface area contributed by atoms with Crippen molar-refractivity contribution in [3.8, 4) is 11.4 Å². The summed E-state index contributed by atoms with van der Waals surface area (Å²) in [4.78, 5) is 13.9. The number of nitrogens with zero attached hydrogens (tertiary/aromatic N) is 5. The van der Waals surface area contributed by atoms with E-state index >= 15 is 0 Å². The average molecular weight is 327 g/mol. The molecule has 3 rings (SSSR count). The molecule has 0 aliphatic carbocycles. The highest BCUT2D eigenvalue weighted by Gasteiger charge is 2.18. The molecule has 0 fully saturated rings. The predicted molar refractivity (Wildman–Crippen MR) is 84.8 cm³/mol. The first-order valence-corrected chi connectivity index (χ1v) is 7.06. The molecule has 0 spiro atoms. The fourth-order valence-corrected chi connectivity index (χ4v) is 2.30. The van der Waals surface area contributed by atoms with E-state index in [9.17, 15) is 9.18 Å². The number of hydrogen-bond donors (Lipinski definition) is 0. The van der Waals surface area contributed by atoms with Crippen molar-refractivity contribution in [3.05, 3.63) is 60.2 Å². The number of amides is 1. The molecule has 0 atom stereocenters. The van der Waals surface area contributed by atoms with E-state index in [1.807, 2.05) is 0 Å². The molecule has 3 aromatic rings. The molecule has 0 saturated carbocycles. The van der Waals surface area contributed by atoms with Crippen LogP contribution in [0, 0.1) is 5.82 Å². The van der Waals surface area contributed by atoms with Gasteiger partial charge in [0.25, 0.3) is 5.91 Å². The van der Waals surface area contributed by atoms with E-state index in [1.54, 1.807) is 36.4 Å². The molecule has 122 valence electrons. The summed E-state index contributed by atoms with van der Waals surface area (Å²) in [5, 5.41) is 11.0. The van der Waals surface area contributed by atoms with E-state index in [0.29, 0.717) is 17.0 Å². The maximum Gasteiger partial charge on any atom is 0.258 e. The Labute approximate surface area is 137 Å². The third-order valence-corrected chi connectivity index (χ3v) is 3.54. The molecule has 2 aromatic carbocycles. The maximum absolute atomic E-state index is 13.9. The second-order valence-electron chi connectivity index (χ2n) is 4.96. The second kappa shape index (κ2) is 6.45. The number of tetrazole rings is 1. The van der Waals surface area contributed by atoms with Crippen molar-refractivity contribution in [2.24, 2.45) is 0 Å². The van der Waals surface area contributed by atoms with Crippen LogP contribution >= 0.6 is 0 Å². The molecule has 0 aliphatic heterocycles. The van der Waals surface area contributed by atoms with E-state index in [0.717, 1.165) is 0 Å².